The van der Waals surface area contributed by atoms with Crippen LogP contribution in [0.1, 0.15) is 18.1 Å². The number of hydrogen-bond acceptors (Lipinski definition) is 1. The van der Waals surface area contributed by atoms with Gasteiger partial charge >= 0.3 is 0 Å². The van der Waals surface area contributed by atoms with Gasteiger partial charge in [-0.1, -0.05) is 35.7 Å². The van der Waals surface area contributed by atoms with Gasteiger partial charge in [0.1, 0.15) is 0 Å². The summed E-state index contributed by atoms with van der Waals surface area (Å²) in [7, 11) is 0. The fourth-order valence-corrected chi connectivity index (χ4v) is 1.06. The second-order valence-corrected chi connectivity index (χ2v) is 2.72. The molecule has 0 spiro atoms. The summed E-state index contributed by atoms with van der Waals surface area (Å²) in [6.45, 7) is 4.74. The zero-order valence-corrected chi connectivity index (χ0v) is 7.52. The van der Waals surface area contributed by atoms with Crippen LogP contribution in [0.3, 0.4) is 0 Å². The minimum Gasteiger partial charge on any atom is -0.341 e. The molecule has 12 heavy (non-hydrogen) atoms. The molecule has 1 rings (SSSR count). The highest BCUT2D eigenvalue weighted by molar-refractivity contribution is 5.22. The SMILES string of the molecule is CC#CNCc1cccc(C)c1. The average Bonchev–Trinajstić information content (AvgIpc) is 2.05. The molecular weight excluding hydrogens is 146 g/mol. The van der Waals surface area contributed by atoms with Crippen LogP contribution < -0.4 is 5.32 Å². The van der Waals surface area contributed by atoms with Gasteiger partial charge in [-0.05, 0) is 19.4 Å². The van der Waals surface area contributed by atoms with E-state index < -0.39 is 0 Å². The smallest absolute Gasteiger partial charge is 0.0480 e. The maximum atomic E-state index is 3.02. The fraction of sp³-hybridized carbons (Fsp3) is 0.273. The molecule has 0 radical (unpaired) electrons. The highest BCUT2D eigenvalue weighted by Gasteiger charge is 1.89. The van der Waals surface area contributed by atoms with Crippen LogP contribution in [-0.4, -0.2) is 0 Å². The van der Waals surface area contributed by atoms with Crippen molar-refractivity contribution in [2.24, 2.45) is 0 Å². The quantitative estimate of drug-likeness (QED) is 0.514. The summed E-state index contributed by atoms with van der Waals surface area (Å²) >= 11 is 0. The van der Waals surface area contributed by atoms with Crippen LogP contribution in [0.2, 0.25) is 0 Å². The highest BCUT2D eigenvalue weighted by Crippen LogP contribution is 2.02. The molecule has 0 aromatic heterocycles. The van der Waals surface area contributed by atoms with Gasteiger partial charge in [0.2, 0.25) is 0 Å². The Morgan fingerprint density at radius 1 is 1.42 bits per heavy atom. The molecule has 1 N–H and O–H groups in total. The molecule has 1 nitrogen and oxygen atoms in total. The van der Waals surface area contributed by atoms with E-state index in [0.717, 1.165) is 6.54 Å². The van der Waals surface area contributed by atoms with Gasteiger partial charge in [-0.3, -0.25) is 0 Å². The van der Waals surface area contributed by atoms with Crippen molar-refractivity contribution in [3.8, 4) is 12.0 Å². The molecule has 0 aliphatic carbocycles. The molecule has 1 aromatic carbocycles. The van der Waals surface area contributed by atoms with Crippen molar-refractivity contribution in [2.45, 2.75) is 20.4 Å². The van der Waals surface area contributed by atoms with Crippen LogP contribution >= 0.6 is 0 Å². The maximum Gasteiger partial charge on any atom is 0.0480 e. The zero-order valence-electron chi connectivity index (χ0n) is 7.52. The second-order valence-electron chi connectivity index (χ2n) is 2.72. The number of aryl methyl sites for hydroxylation is 1. The predicted molar refractivity (Wildman–Crippen MR) is 51.5 cm³/mol. The standard InChI is InChI=1S/C11H13N/c1-3-7-12-9-11-6-4-5-10(2)8-11/h4-6,8,12H,9H2,1-2H3. The average molecular weight is 159 g/mol. The van der Waals surface area contributed by atoms with Crippen LogP contribution in [0.25, 0.3) is 0 Å². The normalized spacial score (nSPS) is 8.50. The minimum atomic E-state index is 0.822. The van der Waals surface area contributed by atoms with Crippen molar-refractivity contribution in [3.63, 3.8) is 0 Å². The number of nitrogens with one attached hydrogen (secondary N) is 1. The highest BCUT2D eigenvalue weighted by atomic mass is 14.8. The molecule has 0 fully saturated rings. The topological polar surface area (TPSA) is 12.0 Å². The van der Waals surface area contributed by atoms with E-state index in [-0.39, 0.29) is 0 Å². The molecule has 0 aliphatic rings. The number of benzene rings is 1. The van der Waals surface area contributed by atoms with Crippen LogP contribution in [0, 0.1) is 18.9 Å². The lowest BCUT2D eigenvalue weighted by molar-refractivity contribution is 0.898. The van der Waals surface area contributed by atoms with Crippen molar-refractivity contribution >= 4 is 0 Å². The Kier molecular flexibility index (Phi) is 3.22. The summed E-state index contributed by atoms with van der Waals surface area (Å²) in [6.07, 6.45) is 0. The summed E-state index contributed by atoms with van der Waals surface area (Å²) in [5.74, 6) is 2.79. The van der Waals surface area contributed by atoms with Crippen molar-refractivity contribution in [1.82, 2.24) is 5.32 Å². The third-order valence-corrected chi connectivity index (χ3v) is 1.59. The van der Waals surface area contributed by atoms with Gasteiger partial charge in [0.05, 0.1) is 0 Å². The molecule has 0 amide bonds. The van der Waals surface area contributed by atoms with Crippen LogP contribution in [0.5, 0.6) is 0 Å². The Labute approximate surface area is 73.8 Å². The summed E-state index contributed by atoms with van der Waals surface area (Å²) in [5, 5.41) is 3.02. The van der Waals surface area contributed by atoms with Crippen molar-refractivity contribution in [2.75, 3.05) is 0 Å². The molecule has 0 bridgehead atoms. The van der Waals surface area contributed by atoms with Crippen LogP contribution in [0.15, 0.2) is 24.3 Å². The lowest BCUT2D eigenvalue weighted by Crippen LogP contribution is -2.04. The molecule has 1 aromatic rings. The summed E-state index contributed by atoms with van der Waals surface area (Å²) in [6, 6.07) is 11.2. The Morgan fingerprint density at radius 2 is 2.25 bits per heavy atom. The van der Waals surface area contributed by atoms with Crippen molar-refractivity contribution in [3.05, 3.63) is 35.4 Å². The van der Waals surface area contributed by atoms with E-state index in [1.807, 2.05) is 6.92 Å². The third kappa shape index (κ3) is 2.67. The summed E-state index contributed by atoms with van der Waals surface area (Å²) in [5.41, 5.74) is 2.57. The van der Waals surface area contributed by atoms with Crippen LogP contribution in [0.4, 0.5) is 0 Å². The molecule has 0 atom stereocenters. The molecule has 0 heterocycles. The fourth-order valence-electron chi connectivity index (χ4n) is 1.06. The van der Waals surface area contributed by atoms with E-state index in [4.69, 9.17) is 0 Å². The molecule has 0 saturated heterocycles. The monoisotopic (exact) mass is 159 g/mol. The number of hydrogen-bond donors (Lipinski definition) is 1. The third-order valence-electron chi connectivity index (χ3n) is 1.59. The van der Waals surface area contributed by atoms with E-state index in [9.17, 15) is 0 Å². The molecule has 1 heteroatoms. The van der Waals surface area contributed by atoms with Gasteiger partial charge in [-0.2, -0.15) is 0 Å². The molecular formula is C11H13N. The summed E-state index contributed by atoms with van der Waals surface area (Å²) < 4.78 is 0. The van der Waals surface area contributed by atoms with Gasteiger partial charge < -0.3 is 5.32 Å². The van der Waals surface area contributed by atoms with E-state index in [0.29, 0.717) is 0 Å². The van der Waals surface area contributed by atoms with Crippen molar-refractivity contribution in [1.29, 1.82) is 0 Å². The van der Waals surface area contributed by atoms with Gasteiger partial charge in [0, 0.05) is 12.6 Å². The first-order valence-electron chi connectivity index (χ1n) is 4.03. The first kappa shape index (κ1) is 8.67. The first-order chi connectivity index (χ1) is 5.83. The van der Waals surface area contributed by atoms with Gasteiger partial charge in [0.25, 0.3) is 0 Å². The zero-order chi connectivity index (χ0) is 8.81. The Bertz CT molecular complexity index is 304. The molecule has 0 unspecified atom stereocenters. The lowest BCUT2D eigenvalue weighted by atomic mass is 10.1. The van der Waals surface area contributed by atoms with Crippen molar-refractivity contribution < 1.29 is 0 Å². The Balaban J connectivity index is 2.55. The van der Waals surface area contributed by atoms with E-state index >= 15 is 0 Å². The van der Waals surface area contributed by atoms with E-state index in [1.165, 1.54) is 11.1 Å². The molecule has 62 valence electrons. The molecule has 0 aliphatic heterocycles. The van der Waals surface area contributed by atoms with Crippen LogP contribution in [-0.2, 0) is 6.54 Å². The maximum absolute atomic E-state index is 3.02. The van der Waals surface area contributed by atoms with Gasteiger partial charge in [-0.25, -0.2) is 0 Å². The lowest BCUT2D eigenvalue weighted by Gasteiger charge is -1.99. The number of rotatable bonds is 2. The summed E-state index contributed by atoms with van der Waals surface area (Å²) in [4.78, 5) is 0. The predicted octanol–water partition coefficient (Wildman–Crippen LogP) is 2.07. The second kappa shape index (κ2) is 4.46. The Morgan fingerprint density at radius 3 is 2.92 bits per heavy atom. The first-order valence-corrected chi connectivity index (χ1v) is 4.03. The molecule has 0 saturated carbocycles. The van der Waals surface area contributed by atoms with Gasteiger partial charge in [0.15, 0.2) is 0 Å². The largest absolute Gasteiger partial charge is 0.341 e. The minimum absolute atomic E-state index is 0.822. The van der Waals surface area contributed by atoms with E-state index in [2.05, 4.69) is 48.5 Å². The Hall–Kier alpha value is -1.42. The van der Waals surface area contributed by atoms with Gasteiger partial charge in [-0.15, -0.1) is 0 Å². The van der Waals surface area contributed by atoms with E-state index in [1.54, 1.807) is 0 Å².